The van der Waals surface area contributed by atoms with Gasteiger partial charge < -0.3 is 20.1 Å². The molecule has 1 aliphatic heterocycles. The number of hydrogen-bond donors (Lipinski definition) is 2. The van der Waals surface area contributed by atoms with Gasteiger partial charge in [0.2, 0.25) is 0 Å². The summed E-state index contributed by atoms with van der Waals surface area (Å²) in [6.07, 6.45) is 3.93. The zero-order valence-electron chi connectivity index (χ0n) is 13.9. The lowest BCUT2D eigenvalue weighted by atomic mass is 10.2. The SMILES string of the molecule is COCCNC(=O)c1sc2ncnc(NCC3CCCO3)c2c1C. The van der Waals surface area contributed by atoms with Crippen LogP contribution in [0.15, 0.2) is 6.33 Å². The van der Waals surface area contributed by atoms with Gasteiger partial charge in [0.25, 0.3) is 5.91 Å². The molecule has 3 rings (SSSR count). The van der Waals surface area contributed by atoms with E-state index < -0.39 is 0 Å². The van der Waals surface area contributed by atoms with Crippen molar-refractivity contribution in [3.05, 3.63) is 16.8 Å². The summed E-state index contributed by atoms with van der Waals surface area (Å²) in [7, 11) is 1.61. The third-order valence-corrected chi connectivity index (χ3v) is 5.24. The van der Waals surface area contributed by atoms with Gasteiger partial charge in [-0.2, -0.15) is 0 Å². The number of amides is 1. The monoisotopic (exact) mass is 350 g/mol. The number of nitrogens with zero attached hydrogens (tertiary/aromatic N) is 2. The largest absolute Gasteiger partial charge is 0.383 e. The zero-order chi connectivity index (χ0) is 16.9. The van der Waals surface area contributed by atoms with Gasteiger partial charge in [0.15, 0.2) is 0 Å². The van der Waals surface area contributed by atoms with E-state index in [1.807, 2.05) is 6.92 Å². The molecule has 1 unspecified atom stereocenters. The van der Waals surface area contributed by atoms with Crippen molar-refractivity contribution in [3.8, 4) is 0 Å². The van der Waals surface area contributed by atoms with Gasteiger partial charge in [0.1, 0.15) is 17.0 Å². The molecule has 0 saturated carbocycles. The van der Waals surface area contributed by atoms with E-state index in [9.17, 15) is 4.79 Å². The van der Waals surface area contributed by atoms with Crippen LogP contribution < -0.4 is 10.6 Å². The number of hydrogen-bond acceptors (Lipinski definition) is 7. The summed E-state index contributed by atoms with van der Waals surface area (Å²) >= 11 is 1.39. The summed E-state index contributed by atoms with van der Waals surface area (Å²) in [6.45, 7) is 4.46. The minimum atomic E-state index is -0.0994. The topological polar surface area (TPSA) is 85.4 Å². The Bertz CT molecular complexity index is 713. The Hall–Kier alpha value is -1.77. The smallest absolute Gasteiger partial charge is 0.261 e. The highest BCUT2D eigenvalue weighted by Crippen LogP contribution is 2.33. The van der Waals surface area contributed by atoms with Crippen LogP contribution in [0.2, 0.25) is 0 Å². The van der Waals surface area contributed by atoms with Crippen LogP contribution in [0.5, 0.6) is 0 Å². The molecule has 1 saturated heterocycles. The van der Waals surface area contributed by atoms with Crippen LogP contribution in [-0.4, -0.2) is 55.4 Å². The number of rotatable bonds is 7. The van der Waals surface area contributed by atoms with E-state index in [2.05, 4.69) is 20.6 Å². The van der Waals surface area contributed by atoms with Crippen molar-refractivity contribution in [2.75, 3.05) is 38.7 Å². The molecule has 2 N–H and O–H groups in total. The first-order valence-corrected chi connectivity index (χ1v) is 8.89. The third kappa shape index (κ3) is 3.66. The van der Waals surface area contributed by atoms with Gasteiger partial charge in [0.05, 0.1) is 23.0 Å². The Labute approximate surface area is 144 Å². The summed E-state index contributed by atoms with van der Waals surface area (Å²) in [4.78, 5) is 22.5. The molecule has 1 atom stereocenters. The van der Waals surface area contributed by atoms with Crippen molar-refractivity contribution in [2.45, 2.75) is 25.9 Å². The molecule has 1 amide bonds. The molecule has 0 aromatic carbocycles. The first-order chi connectivity index (χ1) is 11.7. The molecule has 2 aromatic heterocycles. The Morgan fingerprint density at radius 3 is 3.12 bits per heavy atom. The fourth-order valence-electron chi connectivity index (χ4n) is 2.78. The summed E-state index contributed by atoms with van der Waals surface area (Å²) in [6, 6.07) is 0. The van der Waals surface area contributed by atoms with Crippen molar-refractivity contribution in [2.24, 2.45) is 0 Å². The van der Waals surface area contributed by atoms with Crippen LogP contribution in [0.25, 0.3) is 10.2 Å². The minimum absolute atomic E-state index is 0.0994. The average molecular weight is 350 g/mol. The Kier molecular flexibility index (Phi) is 5.60. The van der Waals surface area contributed by atoms with Crippen molar-refractivity contribution >= 4 is 33.3 Å². The standard InChI is InChI=1S/C16H22N4O3S/c1-10-12-14(18-8-11-4-3-6-23-11)19-9-20-16(12)24-13(10)15(21)17-5-7-22-2/h9,11H,3-8H2,1-2H3,(H,17,21)(H,18,19,20). The first kappa shape index (κ1) is 17.1. The summed E-state index contributed by atoms with van der Waals surface area (Å²) in [5, 5.41) is 7.12. The summed E-state index contributed by atoms with van der Waals surface area (Å²) < 4.78 is 10.6. The number of thiophene rings is 1. The number of methoxy groups -OCH3 is 1. The van der Waals surface area contributed by atoms with Gasteiger partial charge in [-0.15, -0.1) is 11.3 Å². The maximum atomic E-state index is 12.3. The van der Waals surface area contributed by atoms with Crippen LogP contribution >= 0.6 is 11.3 Å². The van der Waals surface area contributed by atoms with Crippen LogP contribution in [-0.2, 0) is 9.47 Å². The Morgan fingerprint density at radius 1 is 1.50 bits per heavy atom. The van der Waals surface area contributed by atoms with E-state index >= 15 is 0 Å². The number of carbonyl (C=O) groups is 1. The van der Waals surface area contributed by atoms with Gasteiger partial charge in [-0.25, -0.2) is 9.97 Å². The van der Waals surface area contributed by atoms with Crippen molar-refractivity contribution in [3.63, 3.8) is 0 Å². The van der Waals surface area contributed by atoms with E-state index in [0.29, 0.717) is 18.0 Å². The number of ether oxygens (including phenoxy) is 2. The van der Waals surface area contributed by atoms with E-state index in [4.69, 9.17) is 9.47 Å². The van der Waals surface area contributed by atoms with E-state index in [-0.39, 0.29) is 12.0 Å². The van der Waals surface area contributed by atoms with Crippen LogP contribution in [0.4, 0.5) is 5.82 Å². The normalized spacial score (nSPS) is 17.3. The van der Waals surface area contributed by atoms with Crippen LogP contribution in [0.1, 0.15) is 28.1 Å². The highest BCUT2D eigenvalue weighted by Gasteiger charge is 2.20. The number of anilines is 1. The molecule has 3 heterocycles. The number of fused-ring (bicyclic) bond motifs is 1. The maximum Gasteiger partial charge on any atom is 0.261 e. The lowest BCUT2D eigenvalue weighted by Crippen LogP contribution is -2.26. The second-order valence-electron chi connectivity index (χ2n) is 5.72. The molecule has 0 aliphatic carbocycles. The van der Waals surface area contributed by atoms with Crippen LogP contribution in [0, 0.1) is 6.92 Å². The zero-order valence-corrected chi connectivity index (χ0v) is 14.7. The second-order valence-corrected chi connectivity index (χ2v) is 6.72. The number of aryl methyl sites for hydroxylation is 1. The lowest BCUT2D eigenvalue weighted by Gasteiger charge is -2.12. The molecule has 2 aromatic rings. The average Bonchev–Trinajstić information content (AvgIpc) is 3.21. The number of aromatic nitrogens is 2. The van der Waals surface area contributed by atoms with Gasteiger partial charge >= 0.3 is 0 Å². The molecule has 1 aliphatic rings. The highest BCUT2D eigenvalue weighted by molar-refractivity contribution is 7.20. The van der Waals surface area contributed by atoms with Gasteiger partial charge in [0, 0.05) is 26.8 Å². The minimum Gasteiger partial charge on any atom is -0.383 e. The predicted octanol–water partition coefficient (Wildman–Crippen LogP) is 1.97. The van der Waals surface area contributed by atoms with Gasteiger partial charge in [-0.3, -0.25) is 4.79 Å². The molecule has 130 valence electrons. The molecule has 0 bridgehead atoms. The third-order valence-electron chi connectivity index (χ3n) is 4.05. The molecule has 24 heavy (non-hydrogen) atoms. The molecule has 0 spiro atoms. The molecular formula is C16H22N4O3S. The molecule has 1 fully saturated rings. The molecule has 0 radical (unpaired) electrons. The lowest BCUT2D eigenvalue weighted by molar-refractivity contribution is 0.0940. The molecule has 7 nitrogen and oxygen atoms in total. The summed E-state index contributed by atoms with van der Waals surface area (Å²) in [5.74, 6) is 0.665. The number of nitrogens with one attached hydrogen (secondary N) is 2. The van der Waals surface area contributed by atoms with E-state index in [0.717, 1.165) is 47.6 Å². The fraction of sp³-hybridized carbons (Fsp3) is 0.562. The molecular weight excluding hydrogens is 328 g/mol. The second kappa shape index (κ2) is 7.87. The molecule has 8 heteroatoms. The van der Waals surface area contributed by atoms with E-state index in [1.165, 1.54) is 17.7 Å². The highest BCUT2D eigenvalue weighted by atomic mass is 32.1. The maximum absolute atomic E-state index is 12.3. The number of carbonyl (C=O) groups excluding carboxylic acids is 1. The quantitative estimate of drug-likeness (QED) is 0.743. The van der Waals surface area contributed by atoms with Crippen molar-refractivity contribution in [1.29, 1.82) is 0 Å². The van der Waals surface area contributed by atoms with Crippen molar-refractivity contribution < 1.29 is 14.3 Å². The van der Waals surface area contributed by atoms with Crippen molar-refractivity contribution in [1.82, 2.24) is 15.3 Å². The fourth-order valence-corrected chi connectivity index (χ4v) is 3.85. The summed E-state index contributed by atoms with van der Waals surface area (Å²) in [5.41, 5.74) is 0.903. The predicted molar refractivity (Wildman–Crippen MR) is 93.8 cm³/mol. The Morgan fingerprint density at radius 2 is 2.38 bits per heavy atom. The first-order valence-electron chi connectivity index (χ1n) is 8.07. The van der Waals surface area contributed by atoms with Gasteiger partial charge in [-0.05, 0) is 25.3 Å². The van der Waals surface area contributed by atoms with E-state index in [1.54, 1.807) is 7.11 Å². The van der Waals surface area contributed by atoms with Crippen LogP contribution in [0.3, 0.4) is 0 Å². The van der Waals surface area contributed by atoms with Gasteiger partial charge in [-0.1, -0.05) is 0 Å². The Balaban J connectivity index is 1.79.